The molecule has 0 aliphatic carbocycles. The maximum atomic E-state index is 11.9. The summed E-state index contributed by atoms with van der Waals surface area (Å²) in [6.07, 6.45) is 0.434. The first-order chi connectivity index (χ1) is 7.97. The molecule has 5 heteroatoms. The molecule has 1 fully saturated rings. The molecule has 5 nitrogen and oxygen atoms in total. The van der Waals surface area contributed by atoms with Crippen LogP contribution in [0.4, 0.5) is 0 Å². The summed E-state index contributed by atoms with van der Waals surface area (Å²) >= 11 is 0. The Kier molecular flexibility index (Phi) is 4.93. The number of amides is 1. The maximum Gasteiger partial charge on any atom is 0.328 e. The average Bonchev–Trinajstić information content (AvgIpc) is 2.70. The SMILES string of the molecule is COC(=O)C(NC(=O)C1OCCC1C)C(C)C. The van der Waals surface area contributed by atoms with Gasteiger partial charge in [0.2, 0.25) is 5.91 Å². The van der Waals surface area contributed by atoms with Crippen molar-refractivity contribution in [3.8, 4) is 0 Å². The molecule has 98 valence electrons. The van der Waals surface area contributed by atoms with Gasteiger partial charge in [0.25, 0.3) is 0 Å². The zero-order valence-corrected chi connectivity index (χ0v) is 10.9. The van der Waals surface area contributed by atoms with Crippen molar-refractivity contribution in [1.29, 1.82) is 0 Å². The Morgan fingerprint density at radius 1 is 1.41 bits per heavy atom. The fourth-order valence-electron chi connectivity index (χ4n) is 1.89. The molecule has 1 amide bonds. The maximum absolute atomic E-state index is 11.9. The van der Waals surface area contributed by atoms with Gasteiger partial charge in [0.1, 0.15) is 12.1 Å². The molecule has 0 radical (unpaired) electrons. The standard InChI is InChI=1S/C12H21NO4/c1-7(2)9(12(15)16-4)13-11(14)10-8(3)5-6-17-10/h7-10H,5-6H2,1-4H3,(H,13,14). The van der Waals surface area contributed by atoms with Crippen LogP contribution in [0.2, 0.25) is 0 Å². The first-order valence-electron chi connectivity index (χ1n) is 5.97. The van der Waals surface area contributed by atoms with Gasteiger partial charge < -0.3 is 14.8 Å². The monoisotopic (exact) mass is 243 g/mol. The molecule has 0 bridgehead atoms. The number of nitrogens with one attached hydrogen (secondary N) is 1. The van der Waals surface area contributed by atoms with Gasteiger partial charge in [-0.05, 0) is 18.3 Å². The Morgan fingerprint density at radius 3 is 2.47 bits per heavy atom. The number of rotatable bonds is 4. The molecule has 3 atom stereocenters. The minimum Gasteiger partial charge on any atom is -0.467 e. The minimum atomic E-state index is -0.608. The normalized spacial score (nSPS) is 25.7. The Labute approximate surface area is 102 Å². The largest absolute Gasteiger partial charge is 0.467 e. The van der Waals surface area contributed by atoms with Crippen LogP contribution in [0, 0.1) is 11.8 Å². The van der Waals surface area contributed by atoms with Crippen LogP contribution < -0.4 is 5.32 Å². The first-order valence-corrected chi connectivity index (χ1v) is 5.97. The molecule has 0 aromatic rings. The number of hydrogen-bond acceptors (Lipinski definition) is 4. The number of carbonyl (C=O) groups is 2. The lowest BCUT2D eigenvalue weighted by Gasteiger charge is -2.22. The van der Waals surface area contributed by atoms with Crippen molar-refractivity contribution in [2.24, 2.45) is 11.8 Å². The highest BCUT2D eigenvalue weighted by Gasteiger charge is 2.34. The summed E-state index contributed by atoms with van der Waals surface area (Å²) in [7, 11) is 1.32. The van der Waals surface area contributed by atoms with Crippen molar-refractivity contribution >= 4 is 11.9 Å². The van der Waals surface area contributed by atoms with E-state index in [1.54, 1.807) is 0 Å². The van der Waals surface area contributed by atoms with Crippen molar-refractivity contribution in [2.75, 3.05) is 13.7 Å². The van der Waals surface area contributed by atoms with E-state index in [-0.39, 0.29) is 17.7 Å². The van der Waals surface area contributed by atoms with Crippen molar-refractivity contribution in [1.82, 2.24) is 5.32 Å². The molecule has 1 aliphatic rings. The fraction of sp³-hybridized carbons (Fsp3) is 0.833. The predicted molar refractivity (Wildman–Crippen MR) is 62.3 cm³/mol. The van der Waals surface area contributed by atoms with E-state index < -0.39 is 18.1 Å². The van der Waals surface area contributed by atoms with E-state index in [0.717, 1.165) is 6.42 Å². The molecule has 1 N–H and O–H groups in total. The van der Waals surface area contributed by atoms with Crippen LogP contribution in [0.5, 0.6) is 0 Å². The second-order valence-electron chi connectivity index (χ2n) is 4.81. The third kappa shape index (κ3) is 3.43. The smallest absolute Gasteiger partial charge is 0.328 e. The number of methoxy groups -OCH3 is 1. The molecule has 1 heterocycles. The molecule has 1 rings (SSSR count). The molecule has 3 unspecified atom stereocenters. The molecular weight excluding hydrogens is 222 g/mol. The van der Waals surface area contributed by atoms with Gasteiger partial charge in [0, 0.05) is 6.61 Å². The van der Waals surface area contributed by atoms with Crippen LogP contribution in [-0.2, 0) is 19.1 Å². The summed E-state index contributed by atoms with van der Waals surface area (Å²) < 4.78 is 10.0. The fourth-order valence-corrected chi connectivity index (χ4v) is 1.89. The predicted octanol–water partition coefficient (Wildman–Crippen LogP) is 0.725. The number of ether oxygens (including phenoxy) is 2. The van der Waals surface area contributed by atoms with Gasteiger partial charge in [0.15, 0.2) is 0 Å². The van der Waals surface area contributed by atoms with E-state index in [1.807, 2.05) is 20.8 Å². The summed E-state index contributed by atoms with van der Waals surface area (Å²) in [5, 5.41) is 2.70. The van der Waals surface area contributed by atoms with E-state index in [9.17, 15) is 9.59 Å². The Bertz CT molecular complexity index is 290. The molecule has 0 aromatic heterocycles. The van der Waals surface area contributed by atoms with Crippen molar-refractivity contribution in [3.63, 3.8) is 0 Å². The Hall–Kier alpha value is -1.10. The van der Waals surface area contributed by atoms with Crippen molar-refractivity contribution in [3.05, 3.63) is 0 Å². The summed E-state index contributed by atoms with van der Waals surface area (Å²) in [5.74, 6) is -0.457. The summed E-state index contributed by atoms with van der Waals surface area (Å²) in [4.78, 5) is 23.5. The van der Waals surface area contributed by atoms with E-state index >= 15 is 0 Å². The average molecular weight is 243 g/mol. The summed E-state index contributed by atoms with van der Waals surface area (Å²) in [6.45, 7) is 6.30. The van der Waals surface area contributed by atoms with Crippen LogP contribution in [0.25, 0.3) is 0 Å². The number of esters is 1. The molecule has 1 saturated heterocycles. The highest BCUT2D eigenvalue weighted by molar-refractivity contribution is 5.87. The summed E-state index contributed by atoms with van der Waals surface area (Å²) in [6, 6.07) is -0.608. The van der Waals surface area contributed by atoms with E-state index in [1.165, 1.54) is 7.11 Å². The zero-order chi connectivity index (χ0) is 13.0. The quantitative estimate of drug-likeness (QED) is 0.739. The lowest BCUT2D eigenvalue weighted by Crippen LogP contribution is -2.49. The van der Waals surface area contributed by atoms with Crippen LogP contribution >= 0.6 is 0 Å². The number of hydrogen-bond donors (Lipinski definition) is 1. The molecule has 0 spiro atoms. The van der Waals surface area contributed by atoms with Gasteiger partial charge in [-0.1, -0.05) is 20.8 Å². The van der Waals surface area contributed by atoms with Gasteiger partial charge in [-0.25, -0.2) is 4.79 Å². The van der Waals surface area contributed by atoms with Crippen molar-refractivity contribution < 1.29 is 19.1 Å². The lowest BCUT2D eigenvalue weighted by atomic mass is 10.0. The Morgan fingerprint density at radius 2 is 2.06 bits per heavy atom. The van der Waals surface area contributed by atoms with Gasteiger partial charge in [-0.15, -0.1) is 0 Å². The van der Waals surface area contributed by atoms with Gasteiger partial charge in [-0.2, -0.15) is 0 Å². The topological polar surface area (TPSA) is 64.6 Å². The summed E-state index contributed by atoms with van der Waals surface area (Å²) in [5.41, 5.74) is 0. The van der Waals surface area contributed by atoms with Gasteiger partial charge in [-0.3, -0.25) is 4.79 Å². The Balaban J connectivity index is 2.61. The minimum absolute atomic E-state index is 0.0110. The van der Waals surface area contributed by atoms with Crippen LogP contribution in [0.3, 0.4) is 0 Å². The van der Waals surface area contributed by atoms with Crippen LogP contribution in [0.1, 0.15) is 27.2 Å². The second kappa shape index (κ2) is 6.00. The second-order valence-corrected chi connectivity index (χ2v) is 4.81. The molecule has 0 saturated carbocycles. The van der Waals surface area contributed by atoms with Crippen molar-refractivity contribution in [2.45, 2.75) is 39.3 Å². The molecule has 0 aromatic carbocycles. The first kappa shape index (κ1) is 14.0. The third-order valence-corrected chi connectivity index (χ3v) is 3.07. The molecule has 17 heavy (non-hydrogen) atoms. The van der Waals surface area contributed by atoms with E-state index in [4.69, 9.17) is 4.74 Å². The molecular formula is C12H21NO4. The van der Waals surface area contributed by atoms with Gasteiger partial charge in [0.05, 0.1) is 7.11 Å². The van der Waals surface area contributed by atoms with Crippen LogP contribution in [-0.4, -0.2) is 37.7 Å². The third-order valence-electron chi connectivity index (χ3n) is 3.07. The highest BCUT2D eigenvalue weighted by Crippen LogP contribution is 2.20. The van der Waals surface area contributed by atoms with Crippen LogP contribution in [0.15, 0.2) is 0 Å². The lowest BCUT2D eigenvalue weighted by molar-refractivity contribution is -0.148. The number of carbonyl (C=O) groups excluding carboxylic acids is 2. The molecule has 1 aliphatic heterocycles. The zero-order valence-electron chi connectivity index (χ0n) is 10.9. The van der Waals surface area contributed by atoms with E-state index in [0.29, 0.717) is 6.61 Å². The van der Waals surface area contributed by atoms with Gasteiger partial charge >= 0.3 is 5.97 Å². The van der Waals surface area contributed by atoms with E-state index in [2.05, 4.69) is 10.1 Å². The highest BCUT2D eigenvalue weighted by atomic mass is 16.5.